The number of nitrogens with zero attached hydrogens (tertiary/aromatic N) is 1. The molecule has 28 heavy (non-hydrogen) atoms. The summed E-state index contributed by atoms with van der Waals surface area (Å²) in [5.74, 6) is 0.759. The molecule has 0 aromatic heterocycles. The molecule has 1 saturated heterocycles. The molecule has 2 aromatic carbocycles. The number of rotatable bonds is 4. The summed E-state index contributed by atoms with van der Waals surface area (Å²) in [6.45, 7) is 1.83. The zero-order valence-corrected chi connectivity index (χ0v) is 15.6. The molecule has 1 aliphatic heterocycles. The molecule has 0 radical (unpaired) electrons. The van der Waals surface area contributed by atoms with E-state index in [1.807, 2.05) is 6.07 Å². The van der Waals surface area contributed by atoms with Crippen LogP contribution in [0.1, 0.15) is 35.2 Å². The Kier molecular flexibility index (Phi) is 5.28. The number of hydrogen-bond donors (Lipinski definition) is 1. The summed E-state index contributed by atoms with van der Waals surface area (Å²) in [5.41, 5.74) is 2.50. The number of piperidine rings is 1. The smallest absolute Gasteiger partial charge is 0.321 e. The van der Waals surface area contributed by atoms with Crippen LogP contribution in [-0.4, -0.2) is 36.4 Å². The number of halogens is 1. The van der Waals surface area contributed by atoms with Crippen LogP contribution in [0, 0.1) is 11.7 Å². The van der Waals surface area contributed by atoms with Gasteiger partial charge in [0, 0.05) is 36.7 Å². The number of nitrogens with one attached hydrogen (secondary N) is 1. The Bertz CT molecular complexity index is 882. The van der Waals surface area contributed by atoms with Gasteiger partial charge in [0.2, 0.25) is 0 Å². The van der Waals surface area contributed by atoms with E-state index in [2.05, 4.69) is 5.32 Å². The first kappa shape index (κ1) is 18.5. The average Bonchev–Trinajstić information content (AvgIpc) is 3.08. The summed E-state index contributed by atoms with van der Waals surface area (Å²) in [7, 11) is 0. The van der Waals surface area contributed by atoms with Crippen LogP contribution in [0.2, 0.25) is 0 Å². The van der Waals surface area contributed by atoms with E-state index in [0.717, 1.165) is 36.1 Å². The van der Waals surface area contributed by atoms with Crippen LogP contribution < -0.4 is 10.1 Å². The van der Waals surface area contributed by atoms with Gasteiger partial charge in [-0.1, -0.05) is 0 Å². The monoisotopic (exact) mass is 382 g/mol. The summed E-state index contributed by atoms with van der Waals surface area (Å²) in [6.07, 6.45) is 3.20. The topological polar surface area (TPSA) is 58.6 Å². The third-order valence-corrected chi connectivity index (χ3v) is 5.38. The van der Waals surface area contributed by atoms with Gasteiger partial charge in [-0.15, -0.1) is 0 Å². The van der Waals surface area contributed by atoms with Crippen molar-refractivity contribution in [3.63, 3.8) is 0 Å². The SMILES string of the molecule is O=C1CCc2cc(NC(=O)N3CCCC(COc4ccc(F)cc4)C3)ccc21. The number of carbonyl (C=O) groups excluding carboxylic acids is 2. The minimum absolute atomic E-state index is 0.129. The Morgan fingerprint density at radius 2 is 2.00 bits per heavy atom. The number of ketones is 1. The van der Waals surface area contributed by atoms with E-state index in [4.69, 9.17) is 4.74 Å². The second-order valence-corrected chi connectivity index (χ2v) is 7.44. The van der Waals surface area contributed by atoms with Gasteiger partial charge >= 0.3 is 6.03 Å². The molecule has 0 bridgehead atoms. The van der Waals surface area contributed by atoms with Crippen molar-refractivity contribution in [2.45, 2.75) is 25.7 Å². The molecule has 1 heterocycles. The maximum Gasteiger partial charge on any atom is 0.321 e. The van der Waals surface area contributed by atoms with Gasteiger partial charge in [-0.05, 0) is 67.3 Å². The third kappa shape index (κ3) is 4.16. The Hall–Kier alpha value is -2.89. The fourth-order valence-electron chi connectivity index (χ4n) is 3.87. The van der Waals surface area contributed by atoms with Crippen molar-refractivity contribution in [1.29, 1.82) is 0 Å². The third-order valence-electron chi connectivity index (χ3n) is 5.38. The molecule has 1 aliphatic carbocycles. The number of anilines is 1. The number of fused-ring (bicyclic) bond motifs is 1. The minimum Gasteiger partial charge on any atom is -0.493 e. The highest BCUT2D eigenvalue weighted by molar-refractivity contribution is 6.01. The molecule has 1 fully saturated rings. The van der Waals surface area contributed by atoms with Crippen molar-refractivity contribution in [2.24, 2.45) is 5.92 Å². The van der Waals surface area contributed by atoms with Gasteiger partial charge in [-0.3, -0.25) is 4.79 Å². The molecule has 0 saturated carbocycles. The number of aryl methyl sites for hydroxylation is 1. The van der Waals surface area contributed by atoms with Gasteiger partial charge in [0.05, 0.1) is 6.61 Å². The number of amides is 2. The fourth-order valence-corrected chi connectivity index (χ4v) is 3.87. The van der Waals surface area contributed by atoms with Crippen molar-refractivity contribution in [1.82, 2.24) is 4.90 Å². The molecule has 6 heteroatoms. The summed E-state index contributed by atoms with van der Waals surface area (Å²) in [4.78, 5) is 26.2. The lowest BCUT2D eigenvalue weighted by Crippen LogP contribution is -2.43. The normalized spacial score (nSPS) is 18.7. The number of Topliss-reactive ketones (excluding diaryl/α,β-unsaturated/α-hetero) is 1. The zero-order valence-electron chi connectivity index (χ0n) is 15.6. The van der Waals surface area contributed by atoms with Crippen LogP contribution in [-0.2, 0) is 6.42 Å². The lowest BCUT2D eigenvalue weighted by Gasteiger charge is -2.32. The molecular formula is C22H23FN2O3. The van der Waals surface area contributed by atoms with Gasteiger partial charge < -0.3 is 15.0 Å². The largest absolute Gasteiger partial charge is 0.493 e. The first-order valence-electron chi connectivity index (χ1n) is 9.69. The van der Waals surface area contributed by atoms with E-state index in [0.29, 0.717) is 31.9 Å². The van der Waals surface area contributed by atoms with E-state index >= 15 is 0 Å². The molecule has 4 rings (SSSR count). The van der Waals surface area contributed by atoms with E-state index < -0.39 is 0 Å². The van der Waals surface area contributed by atoms with E-state index in [9.17, 15) is 14.0 Å². The minimum atomic E-state index is -0.288. The van der Waals surface area contributed by atoms with Crippen molar-refractivity contribution in [2.75, 3.05) is 25.0 Å². The second kappa shape index (κ2) is 8.00. The predicted molar refractivity (Wildman–Crippen MR) is 104 cm³/mol. The maximum absolute atomic E-state index is 13.0. The molecule has 0 spiro atoms. The number of benzene rings is 2. The molecule has 1 unspecified atom stereocenters. The van der Waals surface area contributed by atoms with Gasteiger partial charge in [0.25, 0.3) is 0 Å². The van der Waals surface area contributed by atoms with Crippen LogP contribution in [0.15, 0.2) is 42.5 Å². The first-order chi connectivity index (χ1) is 13.6. The quantitative estimate of drug-likeness (QED) is 0.859. The standard InChI is InChI=1S/C22H23FN2O3/c23-17-4-7-19(8-5-17)28-14-15-2-1-11-25(13-15)22(27)24-18-6-9-20-16(12-18)3-10-21(20)26/h4-9,12,15H,1-3,10-11,13-14H2,(H,24,27). The summed E-state index contributed by atoms with van der Waals surface area (Å²) in [5, 5.41) is 2.95. The Morgan fingerprint density at radius 3 is 2.82 bits per heavy atom. The molecule has 2 aromatic rings. The van der Waals surface area contributed by atoms with E-state index in [1.54, 1.807) is 29.2 Å². The highest BCUT2D eigenvalue weighted by Gasteiger charge is 2.25. The van der Waals surface area contributed by atoms with E-state index in [1.165, 1.54) is 12.1 Å². The highest BCUT2D eigenvalue weighted by Crippen LogP contribution is 2.26. The lowest BCUT2D eigenvalue weighted by molar-refractivity contribution is 0.0994. The van der Waals surface area contributed by atoms with Crippen LogP contribution >= 0.6 is 0 Å². The van der Waals surface area contributed by atoms with Crippen LogP contribution in [0.25, 0.3) is 0 Å². The molecule has 146 valence electrons. The Balaban J connectivity index is 1.32. The van der Waals surface area contributed by atoms with Crippen LogP contribution in [0.4, 0.5) is 14.9 Å². The highest BCUT2D eigenvalue weighted by atomic mass is 19.1. The van der Waals surface area contributed by atoms with E-state index in [-0.39, 0.29) is 23.5 Å². The van der Waals surface area contributed by atoms with Crippen molar-refractivity contribution in [3.05, 3.63) is 59.4 Å². The van der Waals surface area contributed by atoms with Gasteiger partial charge in [0.15, 0.2) is 5.78 Å². The average molecular weight is 382 g/mol. The number of hydrogen-bond acceptors (Lipinski definition) is 3. The van der Waals surface area contributed by atoms with Gasteiger partial charge in [-0.25, -0.2) is 9.18 Å². The molecule has 2 amide bonds. The molecule has 5 nitrogen and oxygen atoms in total. The van der Waals surface area contributed by atoms with Crippen molar-refractivity contribution in [3.8, 4) is 5.75 Å². The zero-order chi connectivity index (χ0) is 19.5. The first-order valence-corrected chi connectivity index (χ1v) is 9.69. The maximum atomic E-state index is 13.0. The number of carbonyl (C=O) groups is 2. The summed E-state index contributed by atoms with van der Waals surface area (Å²) >= 11 is 0. The Morgan fingerprint density at radius 1 is 1.18 bits per heavy atom. The molecule has 1 atom stereocenters. The summed E-state index contributed by atoms with van der Waals surface area (Å²) < 4.78 is 18.7. The molecular weight excluding hydrogens is 359 g/mol. The van der Waals surface area contributed by atoms with Crippen LogP contribution in [0.5, 0.6) is 5.75 Å². The van der Waals surface area contributed by atoms with Gasteiger partial charge in [-0.2, -0.15) is 0 Å². The molecule has 2 aliphatic rings. The van der Waals surface area contributed by atoms with Gasteiger partial charge in [0.1, 0.15) is 11.6 Å². The van der Waals surface area contributed by atoms with Crippen molar-refractivity contribution < 1.29 is 18.7 Å². The molecule has 1 N–H and O–H groups in total. The lowest BCUT2D eigenvalue weighted by atomic mass is 9.99. The Labute approximate surface area is 163 Å². The summed E-state index contributed by atoms with van der Waals surface area (Å²) in [6, 6.07) is 11.3. The van der Waals surface area contributed by atoms with Crippen LogP contribution in [0.3, 0.4) is 0 Å². The number of urea groups is 1. The number of ether oxygens (including phenoxy) is 1. The fraction of sp³-hybridized carbons (Fsp3) is 0.364. The second-order valence-electron chi connectivity index (χ2n) is 7.44. The predicted octanol–water partition coefficient (Wildman–Crippen LogP) is 4.28. The van der Waals surface area contributed by atoms with Crippen molar-refractivity contribution >= 4 is 17.5 Å². The number of likely N-dealkylation sites (tertiary alicyclic amines) is 1.